The summed E-state index contributed by atoms with van der Waals surface area (Å²) in [6, 6.07) is 0. The molecular weight excluding hydrogens is 506 g/mol. The monoisotopic (exact) mass is 536 g/mol. The summed E-state index contributed by atoms with van der Waals surface area (Å²) >= 11 is 0. The van der Waals surface area contributed by atoms with Crippen molar-refractivity contribution >= 4 is 6.29 Å². The first kappa shape index (κ1) is 24.7. The summed E-state index contributed by atoms with van der Waals surface area (Å²) in [6.07, 6.45) is 17.4. The third-order valence-electron chi connectivity index (χ3n) is 4.06. The summed E-state index contributed by atoms with van der Waals surface area (Å²) in [4.78, 5) is 10.2. The standard InChI is InChI=1S/C20H27O.CH3.U/c1-16(8-6-9-17(2)13-15-21)11-12-19-18(3)10-7-14-20(19,4)5;;/h6,8-9,11-13H,7,10,14H2,1-5H3;1H3;/q2*-1;+2/b9-6+,12-11+,16-8+,17-13+;;. The van der Waals surface area contributed by atoms with E-state index in [2.05, 4.69) is 45.9 Å². The molecule has 2 heteroatoms. The molecular formula is C21H30OU. The Morgan fingerprint density at radius 2 is 1.83 bits per heavy atom. The fourth-order valence-corrected chi connectivity index (χ4v) is 2.77. The second-order valence-corrected chi connectivity index (χ2v) is 6.54. The van der Waals surface area contributed by atoms with Gasteiger partial charge < -0.3 is 12.2 Å². The molecule has 0 saturated heterocycles. The quantitative estimate of drug-likeness (QED) is 0.237. The second-order valence-electron chi connectivity index (χ2n) is 6.54. The third kappa shape index (κ3) is 8.73. The van der Waals surface area contributed by atoms with E-state index in [4.69, 9.17) is 0 Å². The Morgan fingerprint density at radius 3 is 2.39 bits per heavy atom. The Balaban J connectivity index is 0. The SMILES string of the molecule is CC1=C(/C=C/C(C)=C/C=C/C(C)=C/[C-]=O)C(C)(C)CCC1.[CH3-].[U+2]. The van der Waals surface area contributed by atoms with E-state index in [1.807, 2.05) is 19.1 Å². The van der Waals surface area contributed by atoms with Gasteiger partial charge in [-0.05, 0) is 50.4 Å². The molecule has 0 aromatic rings. The largest absolute Gasteiger partial charge is 2.00 e. The molecule has 0 aromatic carbocycles. The number of rotatable bonds is 5. The minimum absolute atomic E-state index is 0. The smallest absolute Gasteiger partial charge is 0.419 e. The van der Waals surface area contributed by atoms with Crippen LogP contribution in [-0.4, -0.2) is 6.29 Å². The van der Waals surface area contributed by atoms with Gasteiger partial charge in [0.05, 0.1) is 0 Å². The molecule has 0 unspecified atom stereocenters. The van der Waals surface area contributed by atoms with Gasteiger partial charge in [0.2, 0.25) is 0 Å². The molecule has 0 fully saturated rings. The van der Waals surface area contributed by atoms with Gasteiger partial charge in [0.1, 0.15) is 0 Å². The maximum absolute atomic E-state index is 10.2. The van der Waals surface area contributed by atoms with E-state index < -0.39 is 0 Å². The molecule has 1 rings (SSSR count). The zero-order valence-electron chi connectivity index (χ0n) is 15.5. The van der Waals surface area contributed by atoms with Crippen molar-refractivity contribution in [1.82, 2.24) is 0 Å². The molecule has 124 valence electrons. The van der Waals surface area contributed by atoms with Crippen LogP contribution in [0, 0.1) is 44.0 Å². The fraction of sp³-hybridized carbons (Fsp3) is 0.429. The van der Waals surface area contributed by atoms with Crippen molar-refractivity contribution in [3.63, 3.8) is 0 Å². The van der Waals surface area contributed by atoms with E-state index in [1.54, 1.807) is 6.29 Å². The van der Waals surface area contributed by atoms with Gasteiger partial charge in [0.15, 0.2) is 0 Å². The maximum atomic E-state index is 10.2. The molecule has 0 amide bonds. The average molecular weight is 536 g/mol. The van der Waals surface area contributed by atoms with Crippen molar-refractivity contribution in [1.29, 1.82) is 0 Å². The van der Waals surface area contributed by atoms with Crippen LogP contribution in [0.1, 0.15) is 53.9 Å². The van der Waals surface area contributed by atoms with Crippen LogP contribution in [0.3, 0.4) is 0 Å². The molecule has 0 N–H and O–H groups in total. The van der Waals surface area contributed by atoms with Crippen LogP contribution in [0.25, 0.3) is 0 Å². The van der Waals surface area contributed by atoms with E-state index in [-0.39, 0.29) is 44.0 Å². The van der Waals surface area contributed by atoms with Crippen LogP contribution in [0.5, 0.6) is 0 Å². The first-order chi connectivity index (χ1) is 9.86. The molecule has 0 saturated carbocycles. The van der Waals surface area contributed by atoms with E-state index in [1.165, 1.54) is 42.1 Å². The van der Waals surface area contributed by atoms with Gasteiger partial charge in [-0.1, -0.05) is 49.3 Å². The Morgan fingerprint density at radius 1 is 1.17 bits per heavy atom. The average Bonchev–Trinajstić information content (AvgIpc) is 2.37. The number of carbonyl (C=O) groups excluding carboxylic acids is 1. The number of allylic oxidation sites excluding steroid dienone is 10. The molecule has 0 spiro atoms. The molecule has 0 heterocycles. The molecule has 0 radical (unpaired) electrons. The summed E-state index contributed by atoms with van der Waals surface area (Å²) < 4.78 is 0. The topological polar surface area (TPSA) is 17.1 Å². The van der Waals surface area contributed by atoms with Crippen LogP contribution >= 0.6 is 0 Å². The molecule has 23 heavy (non-hydrogen) atoms. The Labute approximate surface area is 167 Å². The summed E-state index contributed by atoms with van der Waals surface area (Å²) in [5.41, 5.74) is 5.40. The van der Waals surface area contributed by atoms with Crippen LogP contribution in [0.4, 0.5) is 0 Å². The van der Waals surface area contributed by atoms with Crippen LogP contribution in [-0.2, 0) is 4.79 Å². The van der Waals surface area contributed by atoms with E-state index in [0.29, 0.717) is 0 Å². The zero-order chi connectivity index (χ0) is 15.9. The molecule has 1 aliphatic carbocycles. The van der Waals surface area contributed by atoms with Crippen LogP contribution in [0.2, 0.25) is 0 Å². The fourth-order valence-electron chi connectivity index (χ4n) is 2.77. The number of hydrogen-bond acceptors (Lipinski definition) is 1. The second kappa shape index (κ2) is 11.9. The van der Waals surface area contributed by atoms with Gasteiger partial charge in [0.25, 0.3) is 0 Å². The molecule has 0 atom stereocenters. The van der Waals surface area contributed by atoms with Gasteiger partial charge >= 0.3 is 31.1 Å². The first-order valence-electron chi connectivity index (χ1n) is 7.64. The summed E-state index contributed by atoms with van der Waals surface area (Å²) in [7, 11) is 0. The minimum Gasteiger partial charge on any atom is -0.419 e. The Bertz CT molecular complexity index is 528. The predicted molar refractivity (Wildman–Crippen MR) is 98.2 cm³/mol. The first-order valence-corrected chi connectivity index (χ1v) is 7.64. The molecule has 0 aromatic heterocycles. The van der Waals surface area contributed by atoms with Gasteiger partial charge in [-0.15, -0.1) is 13.0 Å². The normalized spacial score (nSPS) is 18.8. The predicted octanol–water partition coefficient (Wildman–Crippen LogP) is 6.08. The van der Waals surface area contributed by atoms with E-state index >= 15 is 0 Å². The van der Waals surface area contributed by atoms with Crippen molar-refractivity contribution in [2.75, 3.05) is 0 Å². The number of hydrogen-bond donors (Lipinski definition) is 0. The van der Waals surface area contributed by atoms with Crippen molar-refractivity contribution in [2.45, 2.75) is 53.9 Å². The van der Waals surface area contributed by atoms with Gasteiger partial charge in [-0.25, -0.2) is 0 Å². The minimum atomic E-state index is 0. The van der Waals surface area contributed by atoms with E-state index in [9.17, 15) is 4.79 Å². The third-order valence-corrected chi connectivity index (χ3v) is 4.06. The van der Waals surface area contributed by atoms with Crippen LogP contribution < -0.4 is 0 Å². The molecule has 0 bridgehead atoms. The van der Waals surface area contributed by atoms with Crippen molar-refractivity contribution < 1.29 is 35.9 Å². The summed E-state index contributed by atoms with van der Waals surface area (Å²) in [5, 5.41) is 0. The van der Waals surface area contributed by atoms with Crippen molar-refractivity contribution in [3.8, 4) is 0 Å². The van der Waals surface area contributed by atoms with Crippen LogP contribution in [0.15, 0.2) is 58.7 Å². The summed E-state index contributed by atoms with van der Waals surface area (Å²) in [5.74, 6) is 0. The van der Waals surface area contributed by atoms with Crippen molar-refractivity contribution in [2.24, 2.45) is 5.41 Å². The van der Waals surface area contributed by atoms with Gasteiger partial charge in [0, 0.05) is 0 Å². The molecule has 1 aliphatic rings. The van der Waals surface area contributed by atoms with Crippen molar-refractivity contribution in [3.05, 3.63) is 66.2 Å². The molecule has 1 nitrogen and oxygen atoms in total. The van der Waals surface area contributed by atoms with Gasteiger partial charge in [-0.2, -0.15) is 11.6 Å². The molecule has 0 aliphatic heterocycles. The summed E-state index contributed by atoms with van der Waals surface area (Å²) in [6.45, 7) is 10.9. The van der Waals surface area contributed by atoms with E-state index in [0.717, 1.165) is 5.57 Å². The van der Waals surface area contributed by atoms with Gasteiger partial charge in [-0.3, -0.25) is 0 Å². The maximum Gasteiger partial charge on any atom is 2.00 e. The zero-order valence-corrected chi connectivity index (χ0v) is 19.7. The Kier molecular flexibility index (Phi) is 12.7. The Hall–Kier alpha value is -0.578.